The third-order valence-corrected chi connectivity index (χ3v) is 4.19. The van der Waals surface area contributed by atoms with E-state index < -0.39 is 48.3 Å². The lowest BCUT2D eigenvalue weighted by atomic mass is 10.0. The lowest BCUT2D eigenvalue weighted by molar-refractivity contribution is -0.147. The Morgan fingerprint density at radius 3 is 1.87 bits per heavy atom. The van der Waals surface area contributed by atoms with Crippen LogP contribution in [-0.4, -0.2) is 58.0 Å². The van der Waals surface area contributed by atoms with Gasteiger partial charge in [-0.2, -0.15) is 0 Å². The quantitative estimate of drug-likeness (QED) is 0.334. The summed E-state index contributed by atoms with van der Waals surface area (Å²) in [6, 6.07) is 4.94. The number of nitrogens with one attached hydrogen (secondary N) is 3. The number of carboxylic acids is 2. The minimum Gasteiger partial charge on any atom is -0.481 e. The molecule has 1 aromatic carbocycles. The second kappa shape index (κ2) is 11.5. The fourth-order valence-corrected chi connectivity index (χ4v) is 2.45. The molecule has 10 nitrogen and oxygen atoms in total. The highest BCUT2D eigenvalue weighted by Crippen LogP contribution is 2.05. The monoisotopic (exact) mass is 421 g/mol. The highest BCUT2D eigenvalue weighted by molar-refractivity contribution is 5.94. The summed E-state index contributed by atoms with van der Waals surface area (Å²) in [5.74, 6) is -5.05. The number of hydrogen-bond donors (Lipinski definition) is 5. The van der Waals surface area contributed by atoms with Gasteiger partial charge >= 0.3 is 11.9 Å². The summed E-state index contributed by atoms with van der Waals surface area (Å²) in [7, 11) is 0. The van der Waals surface area contributed by atoms with E-state index in [0.717, 1.165) is 0 Å². The number of amides is 3. The van der Waals surface area contributed by atoms with Crippen LogP contribution in [0.4, 0.5) is 0 Å². The average Bonchev–Trinajstić information content (AvgIpc) is 2.66. The van der Waals surface area contributed by atoms with Crippen LogP contribution in [0.25, 0.3) is 0 Å². The second-order valence-electron chi connectivity index (χ2n) is 7.13. The average molecular weight is 421 g/mol. The van der Waals surface area contributed by atoms with Crippen LogP contribution in [0.5, 0.6) is 0 Å². The first-order chi connectivity index (χ1) is 14.0. The van der Waals surface area contributed by atoms with Crippen LogP contribution in [-0.2, 0) is 30.4 Å². The highest BCUT2D eigenvalue weighted by atomic mass is 16.4. The summed E-state index contributed by atoms with van der Waals surface area (Å²) in [5, 5.41) is 25.2. The maximum atomic E-state index is 12.7. The van der Waals surface area contributed by atoms with Crippen LogP contribution in [0.3, 0.4) is 0 Å². The van der Waals surface area contributed by atoms with Crippen LogP contribution in [0, 0.1) is 5.92 Å². The van der Waals surface area contributed by atoms with E-state index in [1.807, 2.05) is 0 Å². The van der Waals surface area contributed by atoms with Crippen LogP contribution in [0.1, 0.15) is 32.8 Å². The van der Waals surface area contributed by atoms with Crippen molar-refractivity contribution in [3.63, 3.8) is 0 Å². The van der Waals surface area contributed by atoms with Crippen LogP contribution in [0.2, 0.25) is 0 Å². The number of rotatable bonds is 11. The smallest absolute Gasteiger partial charge is 0.326 e. The molecule has 3 amide bonds. The molecule has 164 valence electrons. The maximum Gasteiger partial charge on any atom is 0.326 e. The molecule has 0 saturated heterocycles. The van der Waals surface area contributed by atoms with Crippen LogP contribution in [0.15, 0.2) is 30.3 Å². The van der Waals surface area contributed by atoms with Crippen molar-refractivity contribution < 1.29 is 34.2 Å². The molecular weight excluding hydrogens is 394 g/mol. The number of benzene rings is 1. The molecule has 0 fully saturated rings. The van der Waals surface area contributed by atoms with Crippen molar-refractivity contribution in [3.05, 3.63) is 35.9 Å². The molecule has 1 aromatic rings. The minimum absolute atomic E-state index is 0.0443. The van der Waals surface area contributed by atoms with Gasteiger partial charge in [-0.25, -0.2) is 4.79 Å². The lowest BCUT2D eigenvalue weighted by Crippen LogP contribution is -2.56. The SMILES string of the molecule is CC(C)C(=O)N[C@@H](C)C(=O)N[C@@H](Cc1ccccc1)C(=O)N[C@@H](CC(=O)O)C(=O)O. The minimum atomic E-state index is -1.65. The predicted molar refractivity (Wildman–Crippen MR) is 106 cm³/mol. The Labute approximate surface area is 174 Å². The van der Waals surface area contributed by atoms with Gasteiger partial charge in [0.1, 0.15) is 18.1 Å². The molecule has 1 rings (SSSR count). The first kappa shape index (κ1) is 24.6. The largest absolute Gasteiger partial charge is 0.481 e. The van der Waals surface area contributed by atoms with E-state index in [4.69, 9.17) is 10.2 Å². The van der Waals surface area contributed by atoms with E-state index in [9.17, 15) is 24.0 Å². The van der Waals surface area contributed by atoms with Gasteiger partial charge in [-0.15, -0.1) is 0 Å². The second-order valence-corrected chi connectivity index (χ2v) is 7.13. The van der Waals surface area contributed by atoms with Gasteiger partial charge in [-0.3, -0.25) is 19.2 Å². The Morgan fingerprint density at radius 2 is 1.37 bits per heavy atom. The van der Waals surface area contributed by atoms with E-state index in [-0.39, 0.29) is 18.2 Å². The summed E-state index contributed by atoms with van der Waals surface area (Å²) in [5.41, 5.74) is 0.696. The van der Waals surface area contributed by atoms with Crippen molar-refractivity contribution in [2.75, 3.05) is 0 Å². The zero-order chi connectivity index (χ0) is 22.8. The third kappa shape index (κ3) is 8.29. The molecule has 10 heteroatoms. The summed E-state index contributed by atoms with van der Waals surface area (Å²) in [6.45, 7) is 4.79. The molecule has 0 saturated carbocycles. The Bertz CT molecular complexity index is 780. The first-order valence-corrected chi connectivity index (χ1v) is 9.40. The van der Waals surface area contributed by atoms with Gasteiger partial charge in [-0.1, -0.05) is 44.2 Å². The van der Waals surface area contributed by atoms with E-state index in [1.54, 1.807) is 44.2 Å². The highest BCUT2D eigenvalue weighted by Gasteiger charge is 2.29. The van der Waals surface area contributed by atoms with Gasteiger partial charge in [-0.05, 0) is 12.5 Å². The molecular formula is C20H27N3O7. The number of carbonyl (C=O) groups excluding carboxylic acids is 3. The van der Waals surface area contributed by atoms with Crippen molar-refractivity contribution >= 4 is 29.7 Å². The normalized spacial score (nSPS) is 13.6. The molecule has 0 bridgehead atoms. The maximum absolute atomic E-state index is 12.7. The third-order valence-electron chi connectivity index (χ3n) is 4.19. The van der Waals surface area contributed by atoms with Gasteiger partial charge in [0.2, 0.25) is 17.7 Å². The molecule has 0 aliphatic rings. The van der Waals surface area contributed by atoms with Gasteiger partial charge in [0.05, 0.1) is 6.42 Å². The molecule has 5 N–H and O–H groups in total. The van der Waals surface area contributed by atoms with Gasteiger partial charge < -0.3 is 26.2 Å². The fraction of sp³-hybridized carbons (Fsp3) is 0.450. The van der Waals surface area contributed by atoms with Gasteiger partial charge in [0.25, 0.3) is 0 Å². The van der Waals surface area contributed by atoms with Crippen molar-refractivity contribution in [1.29, 1.82) is 0 Å². The Morgan fingerprint density at radius 1 is 0.800 bits per heavy atom. The Kier molecular flexibility index (Phi) is 9.47. The van der Waals surface area contributed by atoms with Crippen molar-refractivity contribution in [2.24, 2.45) is 5.92 Å². The molecule has 0 heterocycles. The number of carboxylic acid groups (broad SMARTS) is 2. The van der Waals surface area contributed by atoms with Crippen molar-refractivity contribution in [3.8, 4) is 0 Å². The van der Waals surface area contributed by atoms with Gasteiger partial charge in [0.15, 0.2) is 0 Å². The standard InChI is InChI=1S/C20H27N3O7/c1-11(2)17(26)21-12(3)18(27)22-14(9-13-7-5-4-6-8-13)19(28)23-15(20(29)30)10-16(24)25/h4-8,11-12,14-15H,9-10H2,1-3H3,(H,21,26)(H,22,27)(H,23,28)(H,24,25)(H,29,30)/t12-,14-,15-/m0/s1. The van der Waals surface area contributed by atoms with Crippen molar-refractivity contribution in [1.82, 2.24) is 16.0 Å². The molecule has 3 atom stereocenters. The van der Waals surface area contributed by atoms with E-state index in [2.05, 4.69) is 16.0 Å². The van der Waals surface area contributed by atoms with E-state index >= 15 is 0 Å². The first-order valence-electron chi connectivity index (χ1n) is 9.40. The summed E-state index contributed by atoms with van der Waals surface area (Å²) in [4.78, 5) is 59.1. The summed E-state index contributed by atoms with van der Waals surface area (Å²) in [6.07, 6.45) is -0.767. The van der Waals surface area contributed by atoms with E-state index in [1.165, 1.54) is 6.92 Å². The molecule has 0 aliphatic heterocycles. The topological polar surface area (TPSA) is 162 Å². The number of carbonyl (C=O) groups is 5. The zero-order valence-corrected chi connectivity index (χ0v) is 17.0. The van der Waals surface area contributed by atoms with Gasteiger partial charge in [0, 0.05) is 12.3 Å². The number of hydrogen-bond acceptors (Lipinski definition) is 5. The van der Waals surface area contributed by atoms with Crippen LogP contribution < -0.4 is 16.0 Å². The summed E-state index contributed by atoms with van der Waals surface area (Å²) < 4.78 is 0. The lowest BCUT2D eigenvalue weighted by Gasteiger charge is -2.23. The Balaban J connectivity index is 2.96. The van der Waals surface area contributed by atoms with Crippen molar-refractivity contribution in [2.45, 2.75) is 51.7 Å². The molecule has 0 aliphatic carbocycles. The van der Waals surface area contributed by atoms with E-state index in [0.29, 0.717) is 5.56 Å². The molecule has 0 unspecified atom stereocenters. The fourth-order valence-electron chi connectivity index (χ4n) is 2.45. The predicted octanol–water partition coefficient (Wildman–Crippen LogP) is -0.0813. The zero-order valence-electron chi connectivity index (χ0n) is 17.0. The molecule has 0 aromatic heterocycles. The summed E-state index contributed by atoms with van der Waals surface area (Å²) >= 11 is 0. The Hall–Kier alpha value is -3.43. The molecule has 0 spiro atoms. The molecule has 0 radical (unpaired) electrons. The number of aliphatic carboxylic acids is 2. The van der Waals surface area contributed by atoms with Crippen LogP contribution >= 0.6 is 0 Å². The molecule has 30 heavy (non-hydrogen) atoms.